The van der Waals surface area contributed by atoms with Crippen molar-refractivity contribution in [3.05, 3.63) is 0 Å². The van der Waals surface area contributed by atoms with E-state index in [0.717, 1.165) is 0 Å². The largest absolute Gasteiger partial charge is 0.343 e. The lowest BCUT2D eigenvalue weighted by Gasteiger charge is -2.22. The van der Waals surface area contributed by atoms with E-state index in [1.54, 1.807) is 0 Å². The lowest BCUT2D eigenvalue weighted by Crippen LogP contribution is -2.90. The first-order valence-electron chi connectivity index (χ1n) is 5.66. The van der Waals surface area contributed by atoms with Crippen LogP contribution < -0.4 is 10.7 Å². The van der Waals surface area contributed by atoms with Crippen LogP contribution in [0.2, 0.25) is 0 Å². The number of ether oxygens (including phenoxy) is 2. The topological polar surface area (TPSA) is 106 Å². The zero-order valence-electron chi connectivity index (χ0n) is 9.49. The van der Waals surface area contributed by atoms with Crippen molar-refractivity contribution in [2.45, 2.75) is 19.3 Å². The molecule has 6 nitrogen and oxygen atoms in total. The van der Waals surface area contributed by atoms with Crippen molar-refractivity contribution in [1.29, 1.82) is 10.5 Å². The highest BCUT2D eigenvalue weighted by molar-refractivity contribution is 5.93. The highest BCUT2D eigenvalue weighted by Crippen LogP contribution is 2.75. The number of hydrogen-bond donors (Lipinski definition) is 2. The summed E-state index contributed by atoms with van der Waals surface area (Å²) < 4.78 is 11.1. The minimum absolute atomic E-state index is 0.135. The van der Waals surface area contributed by atoms with Crippen molar-refractivity contribution in [3.8, 4) is 12.1 Å². The summed E-state index contributed by atoms with van der Waals surface area (Å²) in [5, 5.41) is 19.0. The molecule has 1 aliphatic carbocycles. The SMILES string of the molecule is CC[C@H]1[C@]2(C#N)C(N)=[NH+]C3(OCCO3)[C@]12C#N. The molecule has 0 aromatic carbocycles. The third kappa shape index (κ3) is 0.744. The number of rotatable bonds is 1. The van der Waals surface area contributed by atoms with Crippen molar-refractivity contribution in [1.82, 2.24) is 0 Å². The fourth-order valence-electron chi connectivity index (χ4n) is 3.61. The molecule has 1 saturated carbocycles. The van der Waals surface area contributed by atoms with Crippen molar-refractivity contribution < 1.29 is 14.5 Å². The number of hydrogen-bond acceptors (Lipinski definition) is 5. The van der Waals surface area contributed by atoms with Crippen molar-refractivity contribution in [2.75, 3.05) is 13.2 Å². The molecule has 0 aromatic heterocycles. The van der Waals surface area contributed by atoms with Gasteiger partial charge in [-0.3, -0.25) is 5.73 Å². The van der Waals surface area contributed by atoms with Crippen LogP contribution >= 0.6 is 0 Å². The minimum atomic E-state index is -1.22. The van der Waals surface area contributed by atoms with Crippen LogP contribution in [0.3, 0.4) is 0 Å². The average molecular weight is 233 g/mol. The van der Waals surface area contributed by atoms with Crippen LogP contribution in [0.15, 0.2) is 0 Å². The van der Waals surface area contributed by atoms with Gasteiger partial charge >= 0.3 is 5.91 Å². The molecule has 3 rings (SSSR count). The molecule has 0 aromatic rings. The smallest absolute Gasteiger partial charge is 0.311 e. The van der Waals surface area contributed by atoms with Gasteiger partial charge in [0.1, 0.15) is 0 Å². The number of nitrogens with two attached hydrogens (primary N) is 1. The van der Waals surface area contributed by atoms with E-state index in [9.17, 15) is 10.5 Å². The highest BCUT2D eigenvalue weighted by atomic mass is 16.8. The molecule has 3 atom stereocenters. The lowest BCUT2D eigenvalue weighted by molar-refractivity contribution is -0.677. The molecule has 0 radical (unpaired) electrons. The van der Waals surface area contributed by atoms with Crippen LogP contribution in [0.4, 0.5) is 0 Å². The van der Waals surface area contributed by atoms with E-state index in [1.165, 1.54) is 0 Å². The Morgan fingerprint density at radius 1 is 1.41 bits per heavy atom. The van der Waals surface area contributed by atoms with Crippen molar-refractivity contribution in [2.24, 2.45) is 22.5 Å². The summed E-state index contributed by atoms with van der Waals surface area (Å²) in [6, 6.07) is 4.44. The van der Waals surface area contributed by atoms with E-state index >= 15 is 0 Å². The predicted octanol–water partition coefficient (Wildman–Crippen LogP) is -1.80. The lowest BCUT2D eigenvalue weighted by atomic mass is 9.94. The summed E-state index contributed by atoms with van der Waals surface area (Å²) in [6.45, 7) is 2.75. The summed E-state index contributed by atoms with van der Waals surface area (Å²) in [7, 11) is 0. The summed E-state index contributed by atoms with van der Waals surface area (Å²) >= 11 is 0. The van der Waals surface area contributed by atoms with Gasteiger partial charge in [0.05, 0.1) is 25.4 Å². The fraction of sp³-hybridized carbons (Fsp3) is 0.727. The van der Waals surface area contributed by atoms with Gasteiger partial charge in [0.25, 0.3) is 5.84 Å². The number of amidine groups is 1. The quantitative estimate of drug-likeness (QED) is 0.555. The van der Waals surface area contributed by atoms with Gasteiger partial charge in [-0.15, -0.1) is 0 Å². The Morgan fingerprint density at radius 2 is 2.06 bits per heavy atom. The van der Waals surface area contributed by atoms with E-state index < -0.39 is 16.7 Å². The van der Waals surface area contributed by atoms with Crippen LogP contribution in [0.1, 0.15) is 13.3 Å². The first kappa shape index (κ1) is 10.5. The zero-order valence-corrected chi connectivity index (χ0v) is 9.49. The van der Waals surface area contributed by atoms with Gasteiger partial charge in [-0.25, -0.2) is 4.99 Å². The van der Waals surface area contributed by atoms with Gasteiger partial charge in [0.2, 0.25) is 0 Å². The molecule has 0 bridgehead atoms. The second-order valence-electron chi connectivity index (χ2n) is 4.65. The van der Waals surface area contributed by atoms with E-state index in [2.05, 4.69) is 17.1 Å². The standard InChI is InChI=1S/C11H12N4O2/c1-2-7-9(5-12)8(14)15-11(10(7,9)6-13)16-3-4-17-11/h7H,2-4H2,1H3,(H2,14,15)/p+1/t7-,9+,10+/m0/s1. The Hall–Kier alpha value is -1.63. The maximum atomic E-state index is 9.54. The summed E-state index contributed by atoms with van der Waals surface area (Å²) in [4.78, 5) is 2.88. The molecule has 2 heterocycles. The number of nitrogens with one attached hydrogen (secondary N) is 1. The minimum Gasteiger partial charge on any atom is -0.311 e. The predicted molar refractivity (Wildman–Crippen MR) is 54.7 cm³/mol. The molecule has 0 amide bonds. The van der Waals surface area contributed by atoms with E-state index in [4.69, 9.17) is 15.2 Å². The number of fused-ring (bicyclic) bond motifs is 2. The molecule has 3 aliphatic rings. The molecule has 2 aliphatic heterocycles. The van der Waals surface area contributed by atoms with Gasteiger partial charge in [-0.2, -0.15) is 10.5 Å². The molecule has 2 fully saturated rings. The van der Waals surface area contributed by atoms with Crippen LogP contribution in [-0.4, -0.2) is 25.0 Å². The van der Waals surface area contributed by atoms with Crippen LogP contribution in [0.25, 0.3) is 0 Å². The molecule has 0 unspecified atom stereocenters. The summed E-state index contributed by atoms with van der Waals surface area (Å²) in [5.74, 6) is -1.05. The van der Waals surface area contributed by atoms with Gasteiger partial charge in [0, 0.05) is 5.92 Å². The van der Waals surface area contributed by atoms with E-state index in [-0.39, 0.29) is 5.92 Å². The second-order valence-corrected chi connectivity index (χ2v) is 4.65. The van der Waals surface area contributed by atoms with Crippen molar-refractivity contribution >= 4 is 5.84 Å². The monoisotopic (exact) mass is 233 g/mol. The Labute approximate surface area is 98.6 Å². The van der Waals surface area contributed by atoms with Crippen molar-refractivity contribution in [3.63, 3.8) is 0 Å². The molecular weight excluding hydrogens is 220 g/mol. The van der Waals surface area contributed by atoms with Gasteiger partial charge in [-0.05, 0) is 6.42 Å². The molecule has 1 spiro atoms. The molecule has 88 valence electrons. The van der Waals surface area contributed by atoms with E-state index in [0.29, 0.717) is 25.5 Å². The third-order valence-corrected chi connectivity index (χ3v) is 4.28. The first-order valence-corrected chi connectivity index (χ1v) is 5.66. The molecular formula is C11H13N4O2+. The number of nitrogens with zero attached hydrogens (tertiary/aromatic N) is 2. The Balaban J connectivity index is 2.20. The van der Waals surface area contributed by atoms with Crippen LogP contribution in [0, 0.1) is 39.4 Å². The average Bonchev–Trinajstić information content (AvgIpc) is 2.59. The van der Waals surface area contributed by atoms with Crippen LogP contribution in [-0.2, 0) is 9.47 Å². The zero-order chi connectivity index (χ0) is 12.3. The molecule has 6 heteroatoms. The summed E-state index contributed by atoms with van der Waals surface area (Å²) in [5.41, 5.74) is 3.94. The Kier molecular flexibility index (Phi) is 1.72. The highest BCUT2D eigenvalue weighted by Gasteiger charge is 2.96. The molecule has 1 saturated heterocycles. The van der Waals surface area contributed by atoms with Crippen LogP contribution in [0.5, 0.6) is 0 Å². The molecule has 3 N–H and O–H groups in total. The Morgan fingerprint density at radius 3 is 2.47 bits per heavy atom. The maximum Gasteiger partial charge on any atom is 0.343 e. The number of nitriles is 2. The first-order chi connectivity index (χ1) is 8.15. The van der Waals surface area contributed by atoms with E-state index in [1.807, 2.05) is 6.92 Å². The van der Waals surface area contributed by atoms with Gasteiger partial charge in [-0.1, -0.05) is 6.92 Å². The molecule has 17 heavy (non-hydrogen) atoms. The van der Waals surface area contributed by atoms with Gasteiger partial charge < -0.3 is 9.47 Å². The normalized spacial score (nSPS) is 44.9. The summed E-state index contributed by atoms with van der Waals surface area (Å²) in [6.07, 6.45) is 0.692. The second kappa shape index (κ2) is 2.79. The third-order valence-electron chi connectivity index (χ3n) is 4.28. The Bertz CT molecular complexity index is 497. The maximum absolute atomic E-state index is 9.54. The van der Waals surface area contributed by atoms with Gasteiger partial charge in [0.15, 0.2) is 10.8 Å². The fourth-order valence-corrected chi connectivity index (χ4v) is 3.61.